The van der Waals surface area contributed by atoms with E-state index in [2.05, 4.69) is 25.9 Å². The summed E-state index contributed by atoms with van der Waals surface area (Å²) in [7, 11) is 1.50. The molecule has 134 valence electrons. The minimum Gasteiger partial charge on any atom is -0.311 e. The third-order valence-electron chi connectivity index (χ3n) is 4.94. The average molecular weight is 351 g/mol. The molecule has 4 nitrogen and oxygen atoms in total. The highest BCUT2D eigenvalue weighted by atomic mass is 19.4. The van der Waals surface area contributed by atoms with Crippen LogP contribution in [0.25, 0.3) is 0 Å². The van der Waals surface area contributed by atoms with Gasteiger partial charge >= 0.3 is 6.18 Å². The van der Waals surface area contributed by atoms with E-state index in [1.54, 1.807) is 6.07 Å². The van der Waals surface area contributed by atoms with E-state index in [9.17, 15) is 18.0 Å². The maximum absolute atomic E-state index is 13.0. The number of benzene rings is 1. The Kier molecular flexibility index (Phi) is 3.93. The van der Waals surface area contributed by atoms with Gasteiger partial charge in [-0.15, -0.1) is 0 Å². The van der Waals surface area contributed by atoms with E-state index in [-0.39, 0.29) is 11.3 Å². The first kappa shape index (κ1) is 17.5. The number of nitrogens with zero attached hydrogens (tertiary/aromatic N) is 2. The Balaban J connectivity index is 2.04. The Hall–Kier alpha value is -2.31. The molecular weight excluding hydrogens is 331 g/mol. The van der Waals surface area contributed by atoms with E-state index >= 15 is 0 Å². The molecule has 0 bridgehead atoms. The van der Waals surface area contributed by atoms with E-state index in [1.807, 2.05) is 17.2 Å². The number of carbonyl (C=O) groups excluding carboxylic acids is 1. The molecule has 1 unspecified atom stereocenters. The number of alkyl halides is 3. The zero-order chi connectivity index (χ0) is 18.6. The fourth-order valence-electron chi connectivity index (χ4n) is 3.89. The van der Waals surface area contributed by atoms with Crippen LogP contribution in [0.2, 0.25) is 0 Å². The lowest BCUT2D eigenvalue weighted by atomic mass is 9.86. The summed E-state index contributed by atoms with van der Waals surface area (Å²) in [5.74, 6) is -0.505. The number of carbonyl (C=O) groups is 1. The highest BCUT2D eigenvalue weighted by molar-refractivity contribution is 6.07. The molecule has 0 radical (unpaired) electrons. The molecule has 1 aromatic heterocycles. The predicted molar refractivity (Wildman–Crippen MR) is 88.8 cm³/mol. The van der Waals surface area contributed by atoms with Crippen molar-refractivity contribution in [1.82, 2.24) is 10.2 Å². The second kappa shape index (κ2) is 5.61. The van der Waals surface area contributed by atoms with Gasteiger partial charge in [-0.1, -0.05) is 32.9 Å². The Bertz CT molecular complexity index is 823. The van der Waals surface area contributed by atoms with Gasteiger partial charge in [0.25, 0.3) is 5.91 Å². The fraction of sp³-hybridized carbons (Fsp3) is 0.444. The lowest BCUT2D eigenvalue weighted by Gasteiger charge is -2.23. The molecule has 0 fully saturated rings. The molecule has 7 heteroatoms. The maximum atomic E-state index is 13.0. The molecule has 25 heavy (non-hydrogen) atoms. The Morgan fingerprint density at radius 1 is 1.36 bits per heavy atom. The van der Waals surface area contributed by atoms with Gasteiger partial charge in [0.05, 0.1) is 11.8 Å². The van der Waals surface area contributed by atoms with Gasteiger partial charge in [0.15, 0.2) is 5.69 Å². The van der Waals surface area contributed by atoms with Crippen molar-refractivity contribution in [3.05, 3.63) is 46.8 Å². The number of hydrogen-bond donors (Lipinski definition) is 1. The van der Waals surface area contributed by atoms with Crippen molar-refractivity contribution < 1.29 is 18.0 Å². The molecular formula is C18H20F3N3O. The lowest BCUT2D eigenvalue weighted by molar-refractivity contribution is -0.141. The molecule has 1 atom stereocenters. The van der Waals surface area contributed by atoms with Crippen LogP contribution < -0.4 is 4.90 Å². The van der Waals surface area contributed by atoms with Crippen molar-refractivity contribution in [2.24, 2.45) is 0 Å². The van der Waals surface area contributed by atoms with Gasteiger partial charge in [0.1, 0.15) is 0 Å². The minimum absolute atomic E-state index is 0.0264. The number of aromatic nitrogens is 2. The van der Waals surface area contributed by atoms with Crippen LogP contribution in [-0.2, 0) is 11.6 Å². The van der Waals surface area contributed by atoms with Crippen molar-refractivity contribution in [3.63, 3.8) is 0 Å². The van der Waals surface area contributed by atoms with Crippen molar-refractivity contribution in [2.75, 3.05) is 11.9 Å². The van der Waals surface area contributed by atoms with Gasteiger partial charge in [-0.2, -0.15) is 18.3 Å². The zero-order valence-electron chi connectivity index (χ0n) is 14.5. The molecule has 3 rings (SSSR count). The van der Waals surface area contributed by atoms with Crippen molar-refractivity contribution in [3.8, 4) is 0 Å². The summed E-state index contributed by atoms with van der Waals surface area (Å²) in [6.45, 7) is 6.35. The van der Waals surface area contributed by atoms with Crippen LogP contribution >= 0.6 is 0 Å². The molecule has 0 saturated heterocycles. The summed E-state index contributed by atoms with van der Waals surface area (Å²) in [6, 6.07) is 5.65. The smallest absolute Gasteiger partial charge is 0.311 e. The minimum atomic E-state index is -4.66. The van der Waals surface area contributed by atoms with Crippen LogP contribution in [0.15, 0.2) is 24.4 Å². The standard InChI is InChI=1S/C18H20F3N3O/c1-10-8-17(2,3)12-6-5-7-13(14(10)12)24(4)16(25)11-9-22-23-15(11)18(19,20)21/h5-7,9-10H,8H2,1-4H3,(H,22,23). The number of fused-ring (bicyclic) bond motifs is 1. The Labute approximate surface area is 144 Å². The Morgan fingerprint density at radius 3 is 2.68 bits per heavy atom. The van der Waals surface area contributed by atoms with E-state index in [4.69, 9.17) is 0 Å². The summed E-state index contributed by atoms with van der Waals surface area (Å²) < 4.78 is 39.1. The van der Waals surface area contributed by atoms with Gasteiger partial charge in [-0.05, 0) is 34.9 Å². The average Bonchev–Trinajstić information content (AvgIpc) is 3.09. The van der Waals surface area contributed by atoms with Crippen molar-refractivity contribution >= 4 is 11.6 Å². The summed E-state index contributed by atoms with van der Waals surface area (Å²) in [4.78, 5) is 14.0. The second-order valence-corrected chi connectivity index (χ2v) is 7.25. The zero-order valence-corrected chi connectivity index (χ0v) is 14.5. The van der Waals surface area contributed by atoms with Crippen LogP contribution in [-0.4, -0.2) is 23.2 Å². The van der Waals surface area contributed by atoms with E-state index in [0.29, 0.717) is 5.69 Å². The molecule has 1 aliphatic rings. The quantitative estimate of drug-likeness (QED) is 0.867. The van der Waals surface area contributed by atoms with Gasteiger partial charge in [-0.3, -0.25) is 9.89 Å². The Morgan fingerprint density at radius 2 is 2.04 bits per heavy atom. The van der Waals surface area contributed by atoms with Crippen LogP contribution in [0.5, 0.6) is 0 Å². The number of rotatable bonds is 2. The van der Waals surface area contributed by atoms with Gasteiger partial charge < -0.3 is 4.90 Å². The number of anilines is 1. The van der Waals surface area contributed by atoms with Gasteiger partial charge in [-0.25, -0.2) is 0 Å². The normalized spacial score (nSPS) is 18.9. The first-order valence-corrected chi connectivity index (χ1v) is 8.06. The number of H-pyrrole nitrogens is 1. The second-order valence-electron chi connectivity index (χ2n) is 7.25. The predicted octanol–water partition coefficient (Wildman–Crippen LogP) is 4.49. The monoisotopic (exact) mass is 351 g/mol. The molecule has 1 heterocycles. The summed E-state index contributed by atoms with van der Waals surface area (Å²) >= 11 is 0. The third-order valence-corrected chi connectivity index (χ3v) is 4.94. The van der Waals surface area contributed by atoms with Crippen LogP contribution in [0, 0.1) is 0 Å². The molecule has 2 aromatic rings. The first-order chi connectivity index (χ1) is 11.5. The van der Waals surface area contributed by atoms with Gasteiger partial charge in [0.2, 0.25) is 0 Å². The van der Waals surface area contributed by atoms with Crippen molar-refractivity contribution in [2.45, 2.75) is 44.7 Å². The fourth-order valence-corrected chi connectivity index (χ4v) is 3.89. The third kappa shape index (κ3) is 2.81. The molecule has 0 aliphatic heterocycles. The summed E-state index contributed by atoms with van der Waals surface area (Å²) in [5.41, 5.74) is 1.19. The van der Waals surface area contributed by atoms with Gasteiger partial charge in [0, 0.05) is 12.7 Å². The molecule has 0 saturated carbocycles. The number of aromatic amines is 1. The molecule has 1 aliphatic carbocycles. The highest BCUT2D eigenvalue weighted by Gasteiger charge is 2.40. The van der Waals surface area contributed by atoms with Crippen molar-refractivity contribution in [1.29, 1.82) is 0 Å². The largest absolute Gasteiger partial charge is 0.433 e. The van der Waals surface area contributed by atoms with Crippen LogP contribution in [0.1, 0.15) is 60.3 Å². The summed E-state index contributed by atoms with van der Waals surface area (Å²) in [5, 5.41) is 5.29. The maximum Gasteiger partial charge on any atom is 0.433 e. The molecule has 1 aromatic carbocycles. The van der Waals surface area contributed by atoms with E-state index in [0.717, 1.165) is 23.7 Å². The van der Waals surface area contributed by atoms with E-state index < -0.39 is 23.3 Å². The number of hydrogen-bond acceptors (Lipinski definition) is 2. The number of nitrogens with one attached hydrogen (secondary N) is 1. The van der Waals surface area contributed by atoms with E-state index in [1.165, 1.54) is 11.9 Å². The SMILES string of the molecule is CC1CC(C)(C)c2cccc(N(C)C(=O)c3cn[nH]c3C(F)(F)F)c21. The highest BCUT2D eigenvalue weighted by Crippen LogP contribution is 2.49. The lowest BCUT2D eigenvalue weighted by Crippen LogP contribution is -2.29. The topological polar surface area (TPSA) is 49.0 Å². The summed E-state index contributed by atoms with van der Waals surface area (Å²) in [6.07, 6.45) is -2.80. The number of amides is 1. The molecule has 1 N–H and O–H groups in total. The van der Waals surface area contributed by atoms with Crippen LogP contribution in [0.3, 0.4) is 0 Å². The molecule has 0 spiro atoms. The number of halogens is 3. The van der Waals surface area contributed by atoms with Crippen LogP contribution in [0.4, 0.5) is 18.9 Å². The first-order valence-electron chi connectivity index (χ1n) is 8.06. The molecule has 1 amide bonds.